The Kier molecular flexibility index (Phi) is 5.25. The molecule has 1 heterocycles. The fourth-order valence-corrected chi connectivity index (χ4v) is 3.45. The maximum atomic E-state index is 13.7. The average Bonchev–Trinajstić information content (AvgIpc) is 2.98. The fraction of sp³-hybridized carbons (Fsp3) is 0.222. The largest absolute Gasteiger partial charge is 0.306 e. The molecule has 1 aromatic heterocycles. The lowest BCUT2D eigenvalue weighted by Gasteiger charge is -2.08. The van der Waals surface area contributed by atoms with Crippen molar-refractivity contribution in [3.63, 3.8) is 0 Å². The van der Waals surface area contributed by atoms with E-state index >= 15 is 0 Å². The van der Waals surface area contributed by atoms with E-state index in [0.29, 0.717) is 22.9 Å². The van der Waals surface area contributed by atoms with E-state index in [1.54, 1.807) is 6.07 Å². The van der Waals surface area contributed by atoms with Gasteiger partial charge in [-0.15, -0.1) is 10.2 Å². The molecule has 0 unspecified atom stereocenters. The summed E-state index contributed by atoms with van der Waals surface area (Å²) in [6.07, 6.45) is 0.691. The Morgan fingerprint density at radius 2 is 1.79 bits per heavy atom. The second-order valence-electron chi connectivity index (χ2n) is 5.31. The standard InChI is InChI=1S/C18H17F2N3S/c1-2-23-16(11-13-7-4-3-5-8-13)21-22-18(23)24-12-14-9-6-10-15(19)17(14)20/h3-10H,2,11-12H2,1H3. The van der Waals surface area contributed by atoms with Crippen LogP contribution in [0.5, 0.6) is 0 Å². The molecule has 124 valence electrons. The number of rotatable bonds is 6. The number of halogens is 2. The number of hydrogen-bond acceptors (Lipinski definition) is 3. The normalized spacial score (nSPS) is 11.0. The number of benzene rings is 2. The van der Waals surface area contributed by atoms with Gasteiger partial charge in [0.15, 0.2) is 16.8 Å². The van der Waals surface area contributed by atoms with E-state index in [4.69, 9.17) is 0 Å². The molecule has 0 saturated carbocycles. The van der Waals surface area contributed by atoms with Crippen molar-refractivity contribution >= 4 is 11.8 Å². The molecule has 0 aliphatic rings. The molecule has 3 aromatic rings. The Bertz CT molecular complexity index is 818. The van der Waals surface area contributed by atoms with E-state index in [1.165, 1.54) is 17.8 Å². The third-order valence-electron chi connectivity index (χ3n) is 3.70. The van der Waals surface area contributed by atoms with Crippen LogP contribution in [0.4, 0.5) is 8.78 Å². The van der Waals surface area contributed by atoms with Crippen LogP contribution in [0.2, 0.25) is 0 Å². The first-order chi connectivity index (χ1) is 11.7. The summed E-state index contributed by atoms with van der Waals surface area (Å²) >= 11 is 1.36. The van der Waals surface area contributed by atoms with Crippen LogP contribution in [0.25, 0.3) is 0 Å². The summed E-state index contributed by atoms with van der Waals surface area (Å²) in [7, 11) is 0. The quantitative estimate of drug-likeness (QED) is 0.618. The highest BCUT2D eigenvalue weighted by Crippen LogP contribution is 2.25. The van der Waals surface area contributed by atoms with Crippen molar-refractivity contribution in [1.82, 2.24) is 14.8 Å². The number of nitrogens with zero attached hydrogens (tertiary/aromatic N) is 3. The Balaban J connectivity index is 1.76. The molecule has 2 aromatic carbocycles. The van der Waals surface area contributed by atoms with Gasteiger partial charge in [-0.25, -0.2) is 8.78 Å². The van der Waals surface area contributed by atoms with Crippen molar-refractivity contribution in [2.75, 3.05) is 0 Å². The van der Waals surface area contributed by atoms with E-state index in [9.17, 15) is 8.78 Å². The molecule has 0 fully saturated rings. The van der Waals surface area contributed by atoms with Gasteiger partial charge in [0.1, 0.15) is 5.82 Å². The van der Waals surface area contributed by atoms with Crippen molar-refractivity contribution in [2.45, 2.75) is 30.8 Å². The van der Waals surface area contributed by atoms with Crippen LogP contribution >= 0.6 is 11.8 Å². The van der Waals surface area contributed by atoms with Gasteiger partial charge in [0.2, 0.25) is 0 Å². The summed E-state index contributed by atoms with van der Waals surface area (Å²) in [4.78, 5) is 0. The van der Waals surface area contributed by atoms with E-state index in [0.717, 1.165) is 24.0 Å². The van der Waals surface area contributed by atoms with Gasteiger partial charge >= 0.3 is 0 Å². The predicted octanol–water partition coefficient (Wildman–Crippen LogP) is 4.46. The van der Waals surface area contributed by atoms with E-state index in [1.807, 2.05) is 41.8 Å². The first-order valence-electron chi connectivity index (χ1n) is 7.70. The maximum absolute atomic E-state index is 13.7. The van der Waals surface area contributed by atoms with E-state index in [2.05, 4.69) is 10.2 Å². The Morgan fingerprint density at radius 1 is 1.00 bits per heavy atom. The van der Waals surface area contributed by atoms with Gasteiger partial charge in [0.05, 0.1) is 0 Å². The predicted molar refractivity (Wildman–Crippen MR) is 90.9 cm³/mol. The van der Waals surface area contributed by atoms with Crippen LogP contribution in [0.1, 0.15) is 23.9 Å². The molecule has 0 atom stereocenters. The number of hydrogen-bond donors (Lipinski definition) is 0. The molecular formula is C18H17F2N3S. The van der Waals surface area contributed by atoms with Gasteiger partial charge in [-0.05, 0) is 18.6 Å². The Morgan fingerprint density at radius 3 is 2.54 bits per heavy atom. The molecule has 24 heavy (non-hydrogen) atoms. The number of aromatic nitrogens is 3. The molecule has 0 saturated heterocycles. The van der Waals surface area contributed by atoms with Crippen molar-refractivity contribution in [2.24, 2.45) is 0 Å². The van der Waals surface area contributed by atoms with Gasteiger partial charge in [0.25, 0.3) is 0 Å². The minimum absolute atomic E-state index is 0.313. The van der Waals surface area contributed by atoms with Crippen LogP contribution in [0.3, 0.4) is 0 Å². The smallest absolute Gasteiger partial charge is 0.191 e. The van der Waals surface area contributed by atoms with Crippen LogP contribution in [0, 0.1) is 11.6 Å². The molecule has 0 radical (unpaired) electrons. The minimum Gasteiger partial charge on any atom is -0.306 e. The van der Waals surface area contributed by atoms with Gasteiger partial charge < -0.3 is 4.57 Å². The molecule has 3 nitrogen and oxygen atoms in total. The highest BCUT2D eigenvalue weighted by Gasteiger charge is 2.14. The van der Waals surface area contributed by atoms with Crippen molar-refractivity contribution in [3.05, 3.63) is 77.1 Å². The second kappa shape index (κ2) is 7.57. The third kappa shape index (κ3) is 3.64. The van der Waals surface area contributed by atoms with Gasteiger partial charge in [0, 0.05) is 24.3 Å². The lowest BCUT2D eigenvalue weighted by Crippen LogP contribution is -2.04. The summed E-state index contributed by atoms with van der Waals surface area (Å²) in [5.74, 6) is -0.439. The average molecular weight is 345 g/mol. The topological polar surface area (TPSA) is 30.7 Å². The maximum Gasteiger partial charge on any atom is 0.191 e. The Hall–Kier alpha value is -2.21. The summed E-state index contributed by atoms with van der Waals surface area (Å²) in [5, 5.41) is 9.18. The monoisotopic (exact) mass is 345 g/mol. The highest BCUT2D eigenvalue weighted by atomic mass is 32.2. The molecule has 3 rings (SSSR count). The molecule has 0 aliphatic heterocycles. The van der Waals surface area contributed by atoms with Crippen LogP contribution in [-0.4, -0.2) is 14.8 Å². The van der Waals surface area contributed by atoms with Crippen molar-refractivity contribution in [1.29, 1.82) is 0 Å². The summed E-state index contributed by atoms with van der Waals surface area (Å²) in [6.45, 7) is 2.74. The van der Waals surface area contributed by atoms with Gasteiger partial charge in [-0.3, -0.25) is 0 Å². The zero-order valence-electron chi connectivity index (χ0n) is 13.2. The minimum atomic E-state index is -0.824. The molecule has 0 bridgehead atoms. The number of thioether (sulfide) groups is 1. The zero-order chi connectivity index (χ0) is 16.9. The SMILES string of the molecule is CCn1c(Cc2ccccc2)nnc1SCc1cccc(F)c1F. The molecule has 0 N–H and O–H groups in total. The lowest BCUT2D eigenvalue weighted by molar-refractivity contribution is 0.502. The summed E-state index contributed by atoms with van der Waals surface area (Å²) < 4.78 is 29.0. The molecule has 0 amide bonds. The van der Waals surface area contributed by atoms with Gasteiger partial charge in [-0.2, -0.15) is 0 Å². The zero-order valence-corrected chi connectivity index (χ0v) is 14.1. The van der Waals surface area contributed by atoms with E-state index in [-0.39, 0.29) is 0 Å². The summed E-state index contributed by atoms with van der Waals surface area (Å²) in [6, 6.07) is 14.3. The first-order valence-corrected chi connectivity index (χ1v) is 8.69. The van der Waals surface area contributed by atoms with Crippen LogP contribution in [0.15, 0.2) is 53.7 Å². The van der Waals surface area contributed by atoms with Crippen molar-refractivity contribution in [3.8, 4) is 0 Å². The third-order valence-corrected chi connectivity index (χ3v) is 4.72. The Labute approximate surface area is 143 Å². The summed E-state index contributed by atoms with van der Waals surface area (Å²) in [5.41, 5.74) is 1.49. The molecule has 0 aliphatic carbocycles. The molecular weight excluding hydrogens is 328 g/mol. The van der Waals surface area contributed by atoms with E-state index < -0.39 is 11.6 Å². The molecule has 0 spiro atoms. The first kappa shape index (κ1) is 16.6. The highest BCUT2D eigenvalue weighted by molar-refractivity contribution is 7.98. The van der Waals surface area contributed by atoms with Crippen LogP contribution < -0.4 is 0 Å². The fourth-order valence-electron chi connectivity index (χ4n) is 2.45. The lowest BCUT2D eigenvalue weighted by atomic mass is 10.1. The second-order valence-corrected chi connectivity index (χ2v) is 6.25. The van der Waals surface area contributed by atoms with Gasteiger partial charge in [-0.1, -0.05) is 54.2 Å². The van der Waals surface area contributed by atoms with Crippen LogP contribution in [-0.2, 0) is 18.7 Å². The molecule has 6 heteroatoms. The van der Waals surface area contributed by atoms with Crippen molar-refractivity contribution < 1.29 is 8.78 Å².